The molecule has 0 spiro atoms. The summed E-state index contributed by atoms with van der Waals surface area (Å²) in [5.74, 6) is -0.223. The van der Waals surface area contributed by atoms with Crippen molar-refractivity contribution in [2.45, 2.75) is 13.8 Å². The smallest absolute Gasteiger partial charge is 0.313 e. The van der Waals surface area contributed by atoms with Gasteiger partial charge in [-0.3, -0.25) is 4.79 Å². The molecule has 0 amide bonds. The van der Waals surface area contributed by atoms with Crippen molar-refractivity contribution in [3.8, 4) is 0 Å². The van der Waals surface area contributed by atoms with Gasteiger partial charge in [-0.1, -0.05) is 0 Å². The van der Waals surface area contributed by atoms with Crippen LogP contribution in [-0.2, 0) is 16.6 Å². The number of esters is 1. The Kier molecular flexibility index (Phi) is 3.46. The Bertz CT molecular complexity index is 602. The fraction of sp³-hybridized carbons (Fsp3) is 0.429. The Balaban J connectivity index is 2.12. The van der Waals surface area contributed by atoms with Crippen LogP contribution in [0, 0.1) is 5.41 Å². The molecule has 0 unspecified atom stereocenters. The zero-order chi connectivity index (χ0) is 14.0. The second-order valence-corrected chi connectivity index (χ2v) is 5.29. The summed E-state index contributed by atoms with van der Waals surface area (Å²) in [5.41, 5.74) is 2.40. The predicted octanol–water partition coefficient (Wildman–Crippen LogP) is 2.18. The van der Waals surface area contributed by atoms with Crippen molar-refractivity contribution >= 4 is 22.7 Å². The minimum absolute atomic E-state index is 0.223. The predicted molar refractivity (Wildman–Crippen MR) is 75.0 cm³/mol. The average Bonchev–Trinajstić information content (AvgIpc) is 2.77. The third kappa shape index (κ3) is 2.70. The SMILES string of the molecule is COC(=O)C(C)(C)CNc1ccc2c(c1)ncn2C. The van der Waals surface area contributed by atoms with Crippen molar-refractivity contribution in [1.82, 2.24) is 9.55 Å². The van der Waals surface area contributed by atoms with Gasteiger partial charge < -0.3 is 14.6 Å². The summed E-state index contributed by atoms with van der Waals surface area (Å²) in [4.78, 5) is 15.9. The van der Waals surface area contributed by atoms with Crippen LogP contribution in [0.2, 0.25) is 0 Å². The van der Waals surface area contributed by atoms with Gasteiger partial charge in [0.2, 0.25) is 0 Å². The van der Waals surface area contributed by atoms with Gasteiger partial charge in [0.15, 0.2) is 0 Å². The Morgan fingerprint density at radius 3 is 2.89 bits per heavy atom. The van der Waals surface area contributed by atoms with E-state index in [1.54, 1.807) is 6.33 Å². The second kappa shape index (κ2) is 4.91. The molecule has 102 valence electrons. The molecule has 0 aliphatic heterocycles. The van der Waals surface area contributed by atoms with E-state index in [2.05, 4.69) is 10.3 Å². The van der Waals surface area contributed by atoms with E-state index >= 15 is 0 Å². The summed E-state index contributed by atoms with van der Waals surface area (Å²) >= 11 is 0. The maximum atomic E-state index is 11.6. The zero-order valence-electron chi connectivity index (χ0n) is 11.7. The lowest BCUT2D eigenvalue weighted by Crippen LogP contribution is -2.33. The summed E-state index contributed by atoms with van der Waals surface area (Å²) in [7, 11) is 3.37. The van der Waals surface area contributed by atoms with Crippen molar-refractivity contribution in [1.29, 1.82) is 0 Å². The highest BCUT2D eigenvalue weighted by Gasteiger charge is 2.28. The molecule has 5 nitrogen and oxygen atoms in total. The number of hydrogen-bond donors (Lipinski definition) is 1. The van der Waals surface area contributed by atoms with Crippen LogP contribution in [0.3, 0.4) is 0 Å². The van der Waals surface area contributed by atoms with Crippen molar-refractivity contribution in [2.24, 2.45) is 12.5 Å². The van der Waals surface area contributed by atoms with Crippen LogP contribution in [-0.4, -0.2) is 29.2 Å². The van der Waals surface area contributed by atoms with Crippen molar-refractivity contribution in [3.05, 3.63) is 24.5 Å². The second-order valence-electron chi connectivity index (χ2n) is 5.29. The van der Waals surface area contributed by atoms with Crippen LogP contribution in [0.15, 0.2) is 24.5 Å². The number of methoxy groups -OCH3 is 1. The summed E-state index contributed by atoms with van der Waals surface area (Å²) in [6.07, 6.45) is 1.78. The average molecular weight is 261 g/mol. The Morgan fingerprint density at radius 1 is 1.47 bits per heavy atom. The van der Waals surface area contributed by atoms with E-state index in [0.29, 0.717) is 6.54 Å². The van der Waals surface area contributed by atoms with E-state index in [-0.39, 0.29) is 5.97 Å². The molecular formula is C14H19N3O2. The first-order valence-electron chi connectivity index (χ1n) is 6.17. The fourth-order valence-corrected chi connectivity index (χ4v) is 1.92. The van der Waals surface area contributed by atoms with Gasteiger partial charge in [0, 0.05) is 19.3 Å². The molecule has 0 fully saturated rings. The maximum absolute atomic E-state index is 11.6. The van der Waals surface area contributed by atoms with Crippen LogP contribution < -0.4 is 5.32 Å². The molecule has 0 bridgehead atoms. The first kappa shape index (κ1) is 13.4. The van der Waals surface area contributed by atoms with Crippen LogP contribution in [0.1, 0.15) is 13.8 Å². The Labute approximate surface area is 112 Å². The number of imidazole rings is 1. The molecule has 0 radical (unpaired) electrons. The summed E-state index contributed by atoms with van der Waals surface area (Å²) in [6.45, 7) is 4.22. The van der Waals surface area contributed by atoms with E-state index in [1.165, 1.54) is 7.11 Å². The highest BCUT2D eigenvalue weighted by molar-refractivity contribution is 5.80. The Morgan fingerprint density at radius 2 is 2.21 bits per heavy atom. The molecule has 2 aromatic rings. The van der Waals surface area contributed by atoms with Crippen LogP contribution in [0.5, 0.6) is 0 Å². The van der Waals surface area contributed by atoms with Crippen LogP contribution in [0.4, 0.5) is 5.69 Å². The van der Waals surface area contributed by atoms with Gasteiger partial charge in [-0.05, 0) is 32.0 Å². The zero-order valence-corrected chi connectivity index (χ0v) is 11.7. The molecule has 1 N–H and O–H groups in total. The summed E-state index contributed by atoms with van der Waals surface area (Å²) in [5, 5.41) is 3.25. The minimum atomic E-state index is -0.562. The number of nitrogens with one attached hydrogen (secondary N) is 1. The quantitative estimate of drug-likeness (QED) is 0.857. The van der Waals surface area contributed by atoms with Gasteiger partial charge >= 0.3 is 5.97 Å². The lowest BCUT2D eigenvalue weighted by atomic mass is 9.93. The number of rotatable bonds is 4. The molecule has 0 atom stereocenters. The molecule has 0 aliphatic carbocycles. The molecule has 2 rings (SSSR count). The fourth-order valence-electron chi connectivity index (χ4n) is 1.92. The van der Waals surface area contributed by atoms with Gasteiger partial charge in [0.25, 0.3) is 0 Å². The molecule has 1 heterocycles. The number of benzene rings is 1. The maximum Gasteiger partial charge on any atom is 0.313 e. The number of nitrogens with zero attached hydrogens (tertiary/aromatic N) is 2. The largest absolute Gasteiger partial charge is 0.469 e. The molecule has 5 heteroatoms. The third-order valence-corrected chi connectivity index (χ3v) is 3.20. The highest BCUT2D eigenvalue weighted by Crippen LogP contribution is 2.21. The van der Waals surface area contributed by atoms with Gasteiger partial charge in [-0.25, -0.2) is 4.98 Å². The minimum Gasteiger partial charge on any atom is -0.469 e. The van der Waals surface area contributed by atoms with E-state index in [1.807, 2.05) is 43.7 Å². The highest BCUT2D eigenvalue weighted by atomic mass is 16.5. The lowest BCUT2D eigenvalue weighted by Gasteiger charge is -2.22. The number of carbonyl (C=O) groups is 1. The van der Waals surface area contributed by atoms with Gasteiger partial charge in [0.05, 0.1) is 29.9 Å². The number of anilines is 1. The normalized spacial score (nSPS) is 11.6. The molecule has 0 aliphatic rings. The molecule has 19 heavy (non-hydrogen) atoms. The number of aryl methyl sites for hydroxylation is 1. The van der Waals surface area contributed by atoms with E-state index in [4.69, 9.17) is 4.74 Å². The number of hydrogen-bond acceptors (Lipinski definition) is 4. The first-order valence-corrected chi connectivity index (χ1v) is 6.17. The topological polar surface area (TPSA) is 56.1 Å². The first-order chi connectivity index (χ1) is 8.94. The standard InChI is InChI=1S/C14H19N3O2/c1-14(2,13(18)19-4)8-15-10-5-6-12-11(7-10)16-9-17(12)3/h5-7,9,15H,8H2,1-4H3. The molecule has 0 saturated heterocycles. The summed E-state index contributed by atoms with van der Waals surface area (Å²) < 4.78 is 6.75. The van der Waals surface area contributed by atoms with Gasteiger partial charge in [-0.2, -0.15) is 0 Å². The number of carbonyl (C=O) groups excluding carboxylic acids is 1. The van der Waals surface area contributed by atoms with Crippen molar-refractivity contribution in [2.75, 3.05) is 19.0 Å². The molecule has 1 aromatic carbocycles. The van der Waals surface area contributed by atoms with E-state index < -0.39 is 5.41 Å². The summed E-state index contributed by atoms with van der Waals surface area (Å²) in [6, 6.07) is 5.97. The van der Waals surface area contributed by atoms with Crippen LogP contribution >= 0.6 is 0 Å². The molecular weight excluding hydrogens is 242 g/mol. The van der Waals surface area contributed by atoms with Crippen molar-refractivity contribution in [3.63, 3.8) is 0 Å². The van der Waals surface area contributed by atoms with Crippen LogP contribution in [0.25, 0.3) is 11.0 Å². The third-order valence-electron chi connectivity index (χ3n) is 3.20. The number of ether oxygens (including phenoxy) is 1. The molecule has 0 saturated carbocycles. The Hall–Kier alpha value is -2.04. The van der Waals surface area contributed by atoms with E-state index in [0.717, 1.165) is 16.7 Å². The number of aromatic nitrogens is 2. The van der Waals surface area contributed by atoms with E-state index in [9.17, 15) is 4.79 Å². The lowest BCUT2D eigenvalue weighted by molar-refractivity contribution is -0.149. The number of fused-ring (bicyclic) bond motifs is 1. The van der Waals surface area contributed by atoms with Gasteiger partial charge in [-0.15, -0.1) is 0 Å². The molecule has 1 aromatic heterocycles. The van der Waals surface area contributed by atoms with Crippen molar-refractivity contribution < 1.29 is 9.53 Å². The van der Waals surface area contributed by atoms with Gasteiger partial charge in [0.1, 0.15) is 0 Å². The monoisotopic (exact) mass is 261 g/mol.